The first-order valence-corrected chi connectivity index (χ1v) is 5.50. The maximum atomic E-state index is 11.1. The number of methoxy groups -OCH3 is 1. The van der Waals surface area contributed by atoms with Gasteiger partial charge in [0.05, 0.1) is 13.5 Å². The molecule has 1 heterocycles. The summed E-state index contributed by atoms with van der Waals surface area (Å²) in [6.07, 6.45) is 0.466. The van der Waals surface area contributed by atoms with Crippen LogP contribution < -0.4 is 0 Å². The zero-order chi connectivity index (χ0) is 10.7. The Morgan fingerprint density at radius 1 is 1.57 bits per heavy atom. The lowest BCUT2D eigenvalue weighted by Crippen LogP contribution is -2.05. The summed E-state index contributed by atoms with van der Waals surface area (Å²) in [7, 11) is 1.43. The van der Waals surface area contributed by atoms with Crippen LogP contribution in [-0.2, 0) is 9.53 Å². The highest BCUT2D eigenvalue weighted by molar-refractivity contribution is 7.12. The summed E-state index contributed by atoms with van der Waals surface area (Å²) in [6.45, 7) is 6.25. The van der Waals surface area contributed by atoms with Gasteiger partial charge in [0.1, 0.15) is 0 Å². The van der Waals surface area contributed by atoms with Gasteiger partial charge in [0, 0.05) is 9.75 Å². The molecule has 0 aliphatic heterocycles. The average Bonchev–Trinajstić information content (AvgIpc) is 2.45. The van der Waals surface area contributed by atoms with Gasteiger partial charge in [0.15, 0.2) is 0 Å². The molecule has 0 N–H and O–H groups in total. The van der Waals surface area contributed by atoms with Crippen molar-refractivity contribution in [2.45, 2.75) is 33.1 Å². The molecule has 1 rings (SSSR count). The van der Waals surface area contributed by atoms with Gasteiger partial charge < -0.3 is 4.74 Å². The molecule has 0 aliphatic rings. The minimum absolute atomic E-state index is 0.138. The fourth-order valence-corrected chi connectivity index (χ4v) is 2.63. The van der Waals surface area contributed by atoms with Crippen LogP contribution in [0.15, 0.2) is 6.07 Å². The second-order valence-corrected chi connectivity index (χ2v) is 5.01. The molecular formula is C11H16O2S. The molecule has 0 radical (unpaired) electrons. The maximum Gasteiger partial charge on any atom is 0.306 e. The third-order valence-electron chi connectivity index (χ3n) is 2.31. The lowest BCUT2D eigenvalue weighted by molar-refractivity contribution is -0.140. The third-order valence-corrected chi connectivity index (χ3v) is 3.29. The molecule has 3 heteroatoms. The monoisotopic (exact) mass is 212 g/mol. The molecule has 0 saturated carbocycles. The second-order valence-electron chi connectivity index (χ2n) is 3.55. The maximum absolute atomic E-state index is 11.1. The Balaban J connectivity index is 2.73. The van der Waals surface area contributed by atoms with Crippen molar-refractivity contribution in [2.75, 3.05) is 7.11 Å². The van der Waals surface area contributed by atoms with Crippen LogP contribution >= 0.6 is 11.3 Å². The zero-order valence-corrected chi connectivity index (χ0v) is 9.90. The average molecular weight is 212 g/mol. The third kappa shape index (κ3) is 2.58. The standard InChI is InChI=1S/C11H16O2S/c1-7(5-11(12)13-4)10-6-8(2)14-9(10)3/h6-7H,5H2,1-4H3. The van der Waals surface area contributed by atoms with Gasteiger partial charge in [-0.3, -0.25) is 4.79 Å². The molecule has 0 aliphatic carbocycles. The van der Waals surface area contributed by atoms with E-state index in [0.29, 0.717) is 6.42 Å². The van der Waals surface area contributed by atoms with Crippen LogP contribution in [-0.4, -0.2) is 13.1 Å². The molecule has 0 amide bonds. The SMILES string of the molecule is COC(=O)CC(C)c1cc(C)sc1C. The summed E-state index contributed by atoms with van der Waals surface area (Å²) in [6, 6.07) is 2.16. The molecule has 0 aromatic carbocycles. The molecular weight excluding hydrogens is 196 g/mol. The van der Waals surface area contributed by atoms with Crippen LogP contribution in [0.4, 0.5) is 0 Å². The van der Waals surface area contributed by atoms with E-state index in [9.17, 15) is 4.79 Å². The van der Waals surface area contributed by atoms with Gasteiger partial charge in [-0.05, 0) is 31.4 Å². The number of carbonyl (C=O) groups is 1. The van der Waals surface area contributed by atoms with Crippen molar-refractivity contribution < 1.29 is 9.53 Å². The van der Waals surface area contributed by atoms with Gasteiger partial charge in [-0.15, -0.1) is 11.3 Å². The lowest BCUT2D eigenvalue weighted by Gasteiger charge is -2.09. The molecule has 0 fully saturated rings. The van der Waals surface area contributed by atoms with Gasteiger partial charge in [-0.2, -0.15) is 0 Å². The van der Waals surface area contributed by atoms with Crippen LogP contribution in [0.3, 0.4) is 0 Å². The first-order chi connectivity index (χ1) is 6.54. The second kappa shape index (κ2) is 4.60. The van der Waals surface area contributed by atoms with E-state index >= 15 is 0 Å². The quantitative estimate of drug-likeness (QED) is 0.720. The van der Waals surface area contributed by atoms with E-state index in [1.165, 1.54) is 22.4 Å². The fourth-order valence-electron chi connectivity index (χ4n) is 1.58. The van der Waals surface area contributed by atoms with Gasteiger partial charge in [-0.25, -0.2) is 0 Å². The molecule has 2 nitrogen and oxygen atoms in total. The summed E-state index contributed by atoms with van der Waals surface area (Å²) in [5.41, 5.74) is 1.28. The van der Waals surface area contributed by atoms with E-state index in [4.69, 9.17) is 0 Å². The van der Waals surface area contributed by atoms with E-state index in [-0.39, 0.29) is 11.9 Å². The Hall–Kier alpha value is -0.830. The molecule has 1 atom stereocenters. The Bertz CT molecular complexity index is 328. The zero-order valence-electron chi connectivity index (χ0n) is 9.09. The summed E-state index contributed by atoms with van der Waals surface area (Å²) in [5, 5.41) is 0. The molecule has 1 unspecified atom stereocenters. The topological polar surface area (TPSA) is 26.3 Å². The normalized spacial score (nSPS) is 12.6. The van der Waals surface area contributed by atoms with Crippen molar-refractivity contribution in [3.63, 3.8) is 0 Å². The van der Waals surface area contributed by atoms with E-state index in [2.05, 4.69) is 31.6 Å². The highest BCUT2D eigenvalue weighted by Crippen LogP contribution is 2.29. The Kier molecular flexibility index (Phi) is 3.69. The number of hydrogen-bond acceptors (Lipinski definition) is 3. The van der Waals surface area contributed by atoms with Gasteiger partial charge in [-0.1, -0.05) is 6.92 Å². The molecule has 1 aromatic rings. The number of carbonyl (C=O) groups excluding carboxylic acids is 1. The largest absolute Gasteiger partial charge is 0.469 e. The Morgan fingerprint density at radius 3 is 2.64 bits per heavy atom. The van der Waals surface area contributed by atoms with Gasteiger partial charge >= 0.3 is 5.97 Å². The Morgan fingerprint density at radius 2 is 2.21 bits per heavy atom. The summed E-state index contributed by atoms with van der Waals surface area (Å²) in [5.74, 6) is 0.119. The van der Waals surface area contributed by atoms with Gasteiger partial charge in [0.2, 0.25) is 0 Å². The van der Waals surface area contributed by atoms with Crippen molar-refractivity contribution in [1.29, 1.82) is 0 Å². The van der Waals surface area contributed by atoms with Crippen LogP contribution in [0.1, 0.15) is 34.6 Å². The summed E-state index contributed by atoms with van der Waals surface area (Å²) >= 11 is 1.78. The van der Waals surface area contributed by atoms with Crippen molar-refractivity contribution in [2.24, 2.45) is 0 Å². The van der Waals surface area contributed by atoms with Crippen molar-refractivity contribution >= 4 is 17.3 Å². The number of thiophene rings is 1. The van der Waals surface area contributed by atoms with E-state index in [1.807, 2.05) is 0 Å². The van der Waals surface area contributed by atoms with Crippen LogP contribution in [0.25, 0.3) is 0 Å². The highest BCUT2D eigenvalue weighted by atomic mass is 32.1. The van der Waals surface area contributed by atoms with Gasteiger partial charge in [0.25, 0.3) is 0 Å². The van der Waals surface area contributed by atoms with Crippen LogP contribution in [0, 0.1) is 13.8 Å². The molecule has 1 aromatic heterocycles. The van der Waals surface area contributed by atoms with Crippen LogP contribution in [0.2, 0.25) is 0 Å². The van der Waals surface area contributed by atoms with E-state index in [0.717, 1.165) is 0 Å². The predicted molar refractivity (Wildman–Crippen MR) is 58.8 cm³/mol. The van der Waals surface area contributed by atoms with Crippen molar-refractivity contribution in [3.05, 3.63) is 21.4 Å². The first kappa shape index (κ1) is 11.2. The lowest BCUT2D eigenvalue weighted by atomic mass is 9.98. The minimum Gasteiger partial charge on any atom is -0.469 e. The Labute approximate surface area is 88.9 Å². The first-order valence-electron chi connectivity index (χ1n) is 4.68. The number of esters is 1. The number of rotatable bonds is 3. The van der Waals surface area contributed by atoms with E-state index < -0.39 is 0 Å². The smallest absolute Gasteiger partial charge is 0.306 e. The van der Waals surface area contributed by atoms with E-state index in [1.54, 1.807) is 11.3 Å². The van der Waals surface area contributed by atoms with Crippen molar-refractivity contribution in [1.82, 2.24) is 0 Å². The molecule has 0 bridgehead atoms. The highest BCUT2D eigenvalue weighted by Gasteiger charge is 2.15. The number of aryl methyl sites for hydroxylation is 2. The minimum atomic E-state index is -0.138. The molecule has 0 spiro atoms. The molecule has 78 valence electrons. The number of ether oxygens (including phenoxy) is 1. The van der Waals surface area contributed by atoms with Crippen molar-refractivity contribution in [3.8, 4) is 0 Å². The number of hydrogen-bond donors (Lipinski definition) is 0. The predicted octanol–water partition coefficient (Wildman–Crippen LogP) is 3.03. The fraction of sp³-hybridized carbons (Fsp3) is 0.545. The van der Waals surface area contributed by atoms with Crippen LogP contribution in [0.5, 0.6) is 0 Å². The summed E-state index contributed by atoms with van der Waals surface area (Å²) in [4.78, 5) is 13.7. The molecule has 0 saturated heterocycles. The summed E-state index contributed by atoms with van der Waals surface area (Å²) < 4.78 is 4.65. The molecule has 14 heavy (non-hydrogen) atoms.